The van der Waals surface area contributed by atoms with E-state index in [4.69, 9.17) is 4.74 Å². The second kappa shape index (κ2) is 10.2. The quantitative estimate of drug-likeness (QED) is 0.265. The van der Waals surface area contributed by atoms with Gasteiger partial charge in [0.05, 0.1) is 18.2 Å². The Bertz CT molecular complexity index is 1130. The molecule has 2 heterocycles. The third-order valence-electron chi connectivity index (χ3n) is 5.88. The highest BCUT2D eigenvalue weighted by Gasteiger charge is 2.46. The van der Waals surface area contributed by atoms with Crippen molar-refractivity contribution in [3.63, 3.8) is 0 Å². The molecule has 1 aromatic carbocycles. The number of likely N-dealkylation sites (tertiary alicyclic amines) is 1. The molecule has 0 radical (unpaired) electrons. The van der Waals surface area contributed by atoms with Crippen LogP contribution in [0.15, 0.2) is 29.8 Å². The molecule has 1 aromatic heterocycles. The van der Waals surface area contributed by atoms with Crippen molar-refractivity contribution in [1.82, 2.24) is 14.8 Å². The van der Waals surface area contributed by atoms with Crippen LogP contribution in [0, 0.1) is 19.7 Å². The predicted molar refractivity (Wildman–Crippen MR) is 125 cm³/mol. The van der Waals surface area contributed by atoms with Gasteiger partial charge in [0.25, 0.3) is 11.7 Å². The first kappa shape index (κ1) is 25.2. The summed E-state index contributed by atoms with van der Waals surface area (Å²) in [5.41, 5.74) is 1.70. The van der Waals surface area contributed by atoms with Gasteiger partial charge in [-0.15, -0.1) is 0 Å². The number of hydrogen-bond donors (Lipinski definition) is 2. The Labute approximate surface area is 198 Å². The lowest BCUT2D eigenvalue weighted by molar-refractivity contribution is -0.139. The molecule has 2 N–H and O–H groups in total. The predicted octanol–water partition coefficient (Wildman–Crippen LogP) is 3.32. The number of carbonyl (C=O) groups excluding carboxylic acids is 3. The highest BCUT2D eigenvalue weighted by molar-refractivity contribution is 6.46. The molecule has 1 fully saturated rings. The molecular formula is C25H30FN3O5. The molecule has 0 unspecified atom stereocenters. The number of aliphatic hydroxyl groups excluding tert-OH is 1. The van der Waals surface area contributed by atoms with Gasteiger partial charge in [-0.25, -0.2) is 9.18 Å². The lowest BCUT2D eigenvalue weighted by atomic mass is 9.94. The van der Waals surface area contributed by atoms with Crippen LogP contribution in [-0.4, -0.2) is 71.3 Å². The number of nitrogens with zero attached hydrogens (tertiary/aromatic N) is 2. The summed E-state index contributed by atoms with van der Waals surface area (Å²) < 4.78 is 18.7. The molecule has 9 heteroatoms. The molecule has 182 valence electrons. The largest absolute Gasteiger partial charge is 0.507 e. The van der Waals surface area contributed by atoms with E-state index < -0.39 is 29.5 Å². The summed E-state index contributed by atoms with van der Waals surface area (Å²) in [7, 11) is 3.81. The zero-order valence-electron chi connectivity index (χ0n) is 20.1. The second-order valence-corrected chi connectivity index (χ2v) is 8.55. The molecule has 1 aliphatic heterocycles. The first-order chi connectivity index (χ1) is 16.1. The number of H-pyrrole nitrogens is 1. The number of ketones is 1. The number of ether oxygens (including phenoxy) is 1. The topological polar surface area (TPSA) is 103 Å². The molecule has 0 bridgehead atoms. The molecule has 3 rings (SSSR count). The average molecular weight is 472 g/mol. The minimum absolute atomic E-state index is 0.0953. The summed E-state index contributed by atoms with van der Waals surface area (Å²) in [6.45, 7) is 6.12. The molecule has 34 heavy (non-hydrogen) atoms. The van der Waals surface area contributed by atoms with Crippen LogP contribution in [0.1, 0.15) is 52.3 Å². The SMILES string of the molecule is CCOC(=O)c1[nH]c(C)c(/C(O)=C2\C(=O)C(=O)N(CCCN(C)C)[C@H]2c2ccc(F)cc2)c1C. The number of aromatic nitrogens is 1. The molecule has 1 saturated heterocycles. The fourth-order valence-corrected chi connectivity index (χ4v) is 4.31. The van der Waals surface area contributed by atoms with E-state index in [0.29, 0.717) is 29.8 Å². The number of carbonyl (C=O) groups is 3. The van der Waals surface area contributed by atoms with Gasteiger partial charge in [0.2, 0.25) is 0 Å². The number of aryl methyl sites for hydroxylation is 1. The minimum Gasteiger partial charge on any atom is -0.507 e. The van der Waals surface area contributed by atoms with Gasteiger partial charge >= 0.3 is 5.97 Å². The minimum atomic E-state index is -0.887. The number of nitrogens with one attached hydrogen (secondary N) is 1. The molecule has 0 aliphatic carbocycles. The zero-order chi connectivity index (χ0) is 25.2. The lowest BCUT2D eigenvalue weighted by Crippen LogP contribution is -2.32. The molecular weight excluding hydrogens is 441 g/mol. The van der Waals surface area contributed by atoms with Crippen LogP contribution >= 0.6 is 0 Å². The summed E-state index contributed by atoms with van der Waals surface area (Å²) in [5, 5.41) is 11.3. The number of aromatic amines is 1. The van der Waals surface area contributed by atoms with Crippen molar-refractivity contribution in [3.8, 4) is 0 Å². The van der Waals surface area contributed by atoms with E-state index in [9.17, 15) is 23.9 Å². The van der Waals surface area contributed by atoms with Crippen LogP contribution in [0.4, 0.5) is 4.39 Å². The summed E-state index contributed by atoms with van der Waals surface area (Å²) in [6.07, 6.45) is 0.604. The van der Waals surface area contributed by atoms with E-state index in [1.54, 1.807) is 20.8 Å². The standard InChI is InChI=1S/C25H30FN3O5/c1-6-34-25(33)20-14(2)18(15(3)27-20)22(30)19-21(16-8-10-17(26)11-9-16)29(24(32)23(19)31)13-7-12-28(4)5/h8-11,21,27,30H,6-7,12-13H2,1-5H3/b22-19+/t21-/m0/s1. The van der Waals surface area contributed by atoms with Crippen molar-refractivity contribution >= 4 is 23.4 Å². The van der Waals surface area contributed by atoms with E-state index in [0.717, 1.165) is 0 Å². The third kappa shape index (κ3) is 4.75. The van der Waals surface area contributed by atoms with Gasteiger partial charge in [0, 0.05) is 17.8 Å². The molecule has 0 saturated carbocycles. The van der Waals surface area contributed by atoms with Crippen molar-refractivity contribution in [2.45, 2.75) is 33.2 Å². The van der Waals surface area contributed by atoms with E-state index in [1.807, 2.05) is 19.0 Å². The Kier molecular flexibility index (Phi) is 7.56. The average Bonchev–Trinajstić information content (AvgIpc) is 3.21. The lowest BCUT2D eigenvalue weighted by Gasteiger charge is -2.26. The van der Waals surface area contributed by atoms with E-state index in [-0.39, 0.29) is 35.7 Å². The smallest absolute Gasteiger partial charge is 0.355 e. The molecule has 1 amide bonds. The van der Waals surface area contributed by atoms with E-state index in [2.05, 4.69) is 4.98 Å². The monoisotopic (exact) mass is 471 g/mol. The van der Waals surface area contributed by atoms with Gasteiger partial charge in [-0.1, -0.05) is 12.1 Å². The van der Waals surface area contributed by atoms with Crippen molar-refractivity contribution in [2.75, 3.05) is 33.8 Å². The first-order valence-electron chi connectivity index (χ1n) is 11.1. The fourth-order valence-electron chi connectivity index (χ4n) is 4.31. The molecule has 8 nitrogen and oxygen atoms in total. The van der Waals surface area contributed by atoms with Gasteiger partial charge in [-0.3, -0.25) is 9.59 Å². The Morgan fingerprint density at radius 1 is 1.21 bits per heavy atom. The number of aliphatic hydroxyl groups is 1. The van der Waals surface area contributed by atoms with Crippen LogP contribution < -0.4 is 0 Å². The highest BCUT2D eigenvalue weighted by atomic mass is 19.1. The molecule has 0 spiro atoms. The summed E-state index contributed by atoms with van der Waals surface area (Å²) in [5.74, 6) is -2.98. The first-order valence-corrected chi connectivity index (χ1v) is 11.1. The number of benzene rings is 1. The molecule has 2 aromatic rings. The molecule has 1 aliphatic rings. The summed E-state index contributed by atoms with van der Waals surface area (Å²) in [4.78, 5) is 44.8. The van der Waals surface area contributed by atoms with Crippen molar-refractivity contribution in [1.29, 1.82) is 0 Å². The van der Waals surface area contributed by atoms with Crippen LogP contribution in [0.25, 0.3) is 5.76 Å². The van der Waals surface area contributed by atoms with Gasteiger partial charge in [-0.2, -0.15) is 0 Å². The Morgan fingerprint density at radius 2 is 1.85 bits per heavy atom. The van der Waals surface area contributed by atoms with E-state index in [1.165, 1.54) is 29.2 Å². The van der Waals surface area contributed by atoms with Crippen LogP contribution in [-0.2, 0) is 14.3 Å². The number of hydrogen-bond acceptors (Lipinski definition) is 6. The summed E-state index contributed by atoms with van der Waals surface area (Å²) >= 11 is 0. The Morgan fingerprint density at radius 3 is 2.44 bits per heavy atom. The van der Waals surface area contributed by atoms with Crippen LogP contribution in [0.5, 0.6) is 0 Å². The van der Waals surface area contributed by atoms with Gasteiger partial charge in [0.15, 0.2) is 0 Å². The maximum atomic E-state index is 13.6. The fraction of sp³-hybridized carbons (Fsp3) is 0.400. The van der Waals surface area contributed by atoms with Gasteiger partial charge < -0.3 is 24.6 Å². The Balaban J connectivity index is 2.15. The normalized spacial score (nSPS) is 17.6. The number of rotatable bonds is 8. The zero-order valence-corrected chi connectivity index (χ0v) is 20.1. The number of halogens is 1. The van der Waals surface area contributed by atoms with E-state index >= 15 is 0 Å². The summed E-state index contributed by atoms with van der Waals surface area (Å²) in [6, 6.07) is 4.61. The van der Waals surface area contributed by atoms with Crippen LogP contribution in [0.2, 0.25) is 0 Å². The second-order valence-electron chi connectivity index (χ2n) is 8.55. The van der Waals surface area contributed by atoms with Crippen molar-refractivity contribution in [3.05, 3.63) is 63.7 Å². The number of Topliss-reactive ketones (excluding diaryl/α,β-unsaturated/α-hetero) is 1. The van der Waals surface area contributed by atoms with Gasteiger partial charge in [-0.05, 0) is 71.1 Å². The molecule has 1 atom stereocenters. The maximum absolute atomic E-state index is 13.6. The number of esters is 1. The van der Waals surface area contributed by atoms with Crippen molar-refractivity contribution in [2.24, 2.45) is 0 Å². The van der Waals surface area contributed by atoms with Crippen molar-refractivity contribution < 1.29 is 28.6 Å². The maximum Gasteiger partial charge on any atom is 0.355 e. The third-order valence-corrected chi connectivity index (χ3v) is 5.88. The van der Waals surface area contributed by atoms with Gasteiger partial charge in [0.1, 0.15) is 17.3 Å². The Hall–Kier alpha value is -3.46. The van der Waals surface area contributed by atoms with Crippen LogP contribution in [0.3, 0.4) is 0 Å². The highest BCUT2D eigenvalue weighted by Crippen LogP contribution is 2.41. The number of amides is 1.